The molecule has 2 fully saturated rings. The topological polar surface area (TPSA) is 26.3 Å². The summed E-state index contributed by atoms with van der Waals surface area (Å²) < 4.78 is 5.39. The average molecular weight is 238 g/mol. The van der Waals surface area contributed by atoms with Crippen LogP contribution in [-0.4, -0.2) is 19.0 Å². The van der Waals surface area contributed by atoms with Crippen molar-refractivity contribution in [2.45, 2.75) is 52.4 Å². The molecule has 0 amide bonds. The summed E-state index contributed by atoms with van der Waals surface area (Å²) in [5, 5.41) is 0. The number of ketones is 1. The number of Topliss-reactive ketones (excluding diaryl/α,β-unsaturated/α-hetero) is 1. The van der Waals surface area contributed by atoms with Crippen molar-refractivity contribution in [1.29, 1.82) is 0 Å². The third kappa shape index (κ3) is 3.54. The van der Waals surface area contributed by atoms with Gasteiger partial charge >= 0.3 is 0 Å². The van der Waals surface area contributed by atoms with Crippen molar-refractivity contribution < 1.29 is 9.53 Å². The van der Waals surface area contributed by atoms with E-state index in [1.165, 1.54) is 0 Å². The molecule has 2 heteroatoms. The van der Waals surface area contributed by atoms with Crippen molar-refractivity contribution in [3.8, 4) is 0 Å². The van der Waals surface area contributed by atoms with Crippen LogP contribution in [0.1, 0.15) is 52.4 Å². The number of hydrogen-bond acceptors (Lipinski definition) is 2. The van der Waals surface area contributed by atoms with Crippen LogP contribution in [-0.2, 0) is 9.53 Å². The first-order valence-electron chi connectivity index (χ1n) is 7.27. The monoisotopic (exact) mass is 238 g/mol. The third-order valence-corrected chi connectivity index (χ3v) is 4.71. The molecule has 1 saturated heterocycles. The van der Waals surface area contributed by atoms with Gasteiger partial charge in [0.2, 0.25) is 0 Å². The fraction of sp³-hybridized carbons (Fsp3) is 0.933. The van der Waals surface area contributed by atoms with Crippen molar-refractivity contribution in [3.63, 3.8) is 0 Å². The number of rotatable bonds is 3. The molecule has 0 spiro atoms. The molecule has 0 aromatic carbocycles. The van der Waals surface area contributed by atoms with Gasteiger partial charge in [-0.1, -0.05) is 13.8 Å². The summed E-state index contributed by atoms with van der Waals surface area (Å²) in [6.07, 6.45) is 6.56. The van der Waals surface area contributed by atoms with Gasteiger partial charge in [-0.15, -0.1) is 0 Å². The van der Waals surface area contributed by atoms with Crippen molar-refractivity contribution in [2.75, 3.05) is 13.2 Å². The Kier molecular flexibility index (Phi) is 4.61. The SMILES string of the molecule is CC(C)C1CCC(=O)C(CC2CCOCC2)C1. The molecule has 0 bridgehead atoms. The maximum Gasteiger partial charge on any atom is 0.136 e. The van der Waals surface area contributed by atoms with Gasteiger partial charge in [0.05, 0.1) is 0 Å². The van der Waals surface area contributed by atoms with Crippen LogP contribution < -0.4 is 0 Å². The van der Waals surface area contributed by atoms with Crippen molar-refractivity contribution in [1.82, 2.24) is 0 Å². The molecule has 2 rings (SSSR count). The molecule has 17 heavy (non-hydrogen) atoms. The van der Waals surface area contributed by atoms with Gasteiger partial charge in [-0.2, -0.15) is 0 Å². The number of carbonyl (C=O) groups excluding carboxylic acids is 1. The van der Waals surface area contributed by atoms with E-state index in [9.17, 15) is 4.79 Å². The summed E-state index contributed by atoms with van der Waals surface area (Å²) in [5.41, 5.74) is 0. The van der Waals surface area contributed by atoms with Crippen LogP contribution in [0, 0.1) is 23.7 Å². The summed E-state index contributed by atoms with van der Waals surface area (Å²) in [4.78, 5) is 12.0. The summed E-state index contributed by atoms with van der Waals surface area (Å²) in [6, 6.07) is 0. The van der Waals surface area contributed by atoms with Crippen LogP contribution in [0.4, 0.5) is 0 Å². The van der Waals surface area contributed by atoms with Gasteiger partial charge < -0.3 is 4.74 Å². The quantitative estimate of drug-likeness (QED) is 0.753. The van der Waals surface area contributed by atoms with E-state index < -0.39 is 0 Å². The first-order valence-corrected chi connectivity index (χ1v) is 7.27. The standard InChI is InChI=1S/C15H26O2/c1-11(2)13-3-4-15(16)14(10-13)9-12-5-7-17-8-6-12/h11-14H,3-10H2,1-2H3. The Balaban J connectivity index is 1.86. The van der Waals surface area contributed by atoms with Crippen LogP contribution >= 0.6 is 0 Å². The lowest BCUT2D eigenvalue weighted by Crippen LogP contribution is -2.30. The molecule has 1 saturated carbocycles. The van der Waals surface area contributed by atoms with E-state index in [-0.39, 0.29) is 0 Å². The van der Waals surface area contributed by atoms with E-state index >= 15 is 0 Å². The zero-order valence-electron chi connectivity index (χ0n) is 11.3. The third-order valence-electron chi connectivity index (χ3n) is 4.71. The highest BCUT2D eigenvalue weighted by molar-refractivity contribution is 5.81. The smallest absolute Gasteiger partial charge is 0.136 e. The van der Waals surface area contributed by atoms with Gasteiger partial charge in [0.25, 0.3) is 0 Å². The highest BCUT2D eigenvalue weighted by Crippen LogP contribution is 2.36. The van der Waals surface area contributed by atoms with Crippen molar-refractivity contribution in [2.24, 2.45) is 23.7 Å². The van der Waals surface area contributed by atoms with Crippen LogP contribution in [0.3, 0.4) is 0 Å². The number of hydrogen-bond donors (Lipinski definition) is 0. The fourth-order valence-corrected chi connectivity index (χ4v) is 3.36. The summed E-state index contributed by atoms with van der Waals surface area (Å²) >= 11 is 0. The molecule has 0 aromatic rings. The number of ether oxygens (including phenoxy) is 1. The molecule has 0 N–H and O–H groups in total. The summed E-state index contributed by atoms with van der Waals surface area (Å²) in [5.74, 6) is 3.15. The minimum absolute atomic E-state index is 0.360. The van der Waals surface area contributed by atoms with Crippen molar-refractivity contribution >= 4 is 5.78 Å². The predicted molar refractivity (Wildman–Crippen MR) is 68.8 cm³/mol. The normalized spacial score (nSPS) is 32.1. The minimum Gasteiger partial charge on any atom is -0.381 e. The van der Waals surface area contributed by atoms with E-state index in [0.717, 1.165) is 69.5 Å². The highest BCUT2D eigenvalue weighted by atomic mass is 16.5. The van der Waals surface area contributed by atoms with E-state index in [1.807, 2.05) is 0 Å². The van der Waals surface area contributed by atoms with Gasteiger partial charge in [0.15, 0.2) is 0 Å². The minimum atomic E-state index is 0.360. The second kappa shape index (κ2) is 5.99. The van der Waals surface area contributed by atoms with Gasteiger partial charge in [-0.05, 0) is 49.9 Å². The number of carbonyl (C=O) groups is 1. The average Bonchev–Trinajstić information content (AvgIpc) is 2.33. The largest absolute Gasteiger partial charge is 0.381 e. The maximum absolute atomic E-state index is 12.0. The summed E-state index contributed by atoms with van der Waals surface area (Å²) in [7, 11) is 0. The van der Waals surface area contributed by atoms with Crippen LogP contribution in [0.5, 0.6) is 0 Å². The van der Waals surface area contributed by atoms with E-state index in [0.29, 0.717) is 11.7 Å². The molecule has 98 valence electrons. The van der Waals surface area contributed by atoms with Gasteiger partial charge in [0, 0.05) is 25.6 Å². The second-order valence-electron chi connectivity index (χ2n) is 6.23. The zero-order chi connectivity index (χ0) is 12.3. The Morgan fingerprint density at radius 3 is 2.59 bits per heavy atom. The molecular formula is C15H26O2. The molecule has 2 unspecified atom stereocenters. The summed E-state index contributed by atoms with van der Waals surface area (Å²) in [6.45, 7) is 6.40. The first-order chi connectivity index (χ1) is 8.16. The van der Waals surface area contributed by atoms with E-state index in [2.05, 4.69) is 13.8 Å². The second-order valence-corrected chi connectivity index (χ2v) is 6.23. The lowest BCUT2D eigenvalue weighted by molar-refractivity contribution is -0.127. The molecule has 2 nitrogen and oxygen atoms in total. The molecule has 0 radical (unpaired) electrons. The molecule has 2 aliphatic rings. The fourth-order valence-electron chi connectivity index (χ4n) is 3.36. The maximum atomic E-state index is 12.0. The molecule has 1 heterocycles. The molecule has 1 aliphatic heterocycles. The molecule has 1 aliphatic carbocycles. The first kappa shape index (κ1) is 13.1. The lowest BCUT2D eigenvalue weighted by Gasteiger charge is -2.33. The highest BCUT2D eigenvalue weighted by Gasteiger charge is 2.32. The zero-order valence-corrected chi connectivity index (χ0v) is 11.3. The van der Waals surface area contributed by atoms with Gasteiger partial charge in [-0.25, -0.2) is 0 Å². The Hall–Kier alpha value is -0.370. The Morgan fingerprint density at radius 1 is 1.24 bits per heavy atom. The van der Waals surface area contributed by atoms with E-state index in [4.69, 9.17) is 4.74 Å². The molecule has 2 atom stereocenters. The Morgan fingerprint density at radius 2 is 1.94 bits per heavy atom. The van der Waals surface area contributed by atoms with Crippen molar-refractivity contribution in [3.05, 3.63) is 0 Å². The Bertz CT molecular complexity index is 254. The van der Waals surface area contributed by atoms with E-state index in [1.54, 1.807) is 0 Å². The van der Waals surface area contributed by atoms with Crippen LogP contribution in [0.25, 0.3) is 0 Å². The Labute approximate surface area is 105 Å². The predicted octanol–water partition coefficient (Wildman–Crippen LogP) is 3.44. The lowest BCUT2D eigenvalue weighted by atomic mass is 9.72. The van der Waals surface area contributed by atoms with Crippen LogP contribution in [0.15, 0.2) is 0 Å². The molecule has 0 aromatic heterocycles. The van der Waals surface area contributed by atoms with Gasteiger partial charge in [0.1, 0.15) is 5.78 Å². The molecular weight excluding hydrogens is 212 g/mol. The van der Waals surface area contributed by atoms with Crippen LogP contribution in [0.2, 0.25) is 0 Å². The van der Waals surface area contributed by atoms with Gasteiger partial charge in [-0.3, -0.25) is 4.79 Å².